The van der Waals surface area contributed by atoms with E-state index in [2.05, 4.69) is 17.2 Å². The number of aryl methyl sites for hydroxylation is 1. The molecule has 2 rings (SSSR count). The van der Waals surface area contributed by atoms with Gasteiger partial charge in [0, 0.05) is 23.7 Å². The molecule has 0 spiro atoms. The Balaban J connectivity index is 2.37. The maximum absolute atomic E-state index is 11.0. The van der Waals surface area contributed by atoms with Crippen molar-refractivity contribution < 1.29 is 4.79 Å². The zero-order valence-electron chi connectivity index (χ0n) is 9.23. The van der Waals surface area contributed by atoms with Crippen LogP contribution < -0.4 is 0 Å². The third-order valence-corrected chi connectivity index (χ3v) is 2.75. The lowest BCUT2D eigenvalue weighted by atomic mass is 10.1. The first kappa shape index (κ1) is 10.7. The molecule has 1 heterocycles. The van der Waals surface area contributed by atoms with Crippen LogP contribution >= 0.6 is 0 Å². The third-order valence-electron chi connectivity index (χ3n) is 2.75. The molecular formula is C14H15NO. The van der Waals surface area contributed by atoms with E-state index in [1.807, 2.05) is 30.5 Å². The number of aromatic nitrogens is 1. The molecule has 0 aliphatic heterocycles. The van der Waals surface area contributed by atoms with Gasteiger partial charge in [0.2, 0.25) is 0 Å². The third kappa shape index (κ3) is 1.91. The van der Waals surface area contributed by atoms with Crippen molar-refractivity contribution in [3.05, 3.63) is 48.7 Å². The van der Waals surface area contributed by atoms with Crippen LogP contribution in [0.25, 0.3) is 10.9 Å². The summed E-state index contributed by atoms with van der Waals surface area (Å²) >= 11 is 0. The van der Waals surface area contributed by atoms with Gasteiger partial charge in [-0.2, -0.15) is 0 Å². The number of carbonyl (C=O) groups is 1. The number of rotatable bonds is 5. The van der Waals surface area contributed by atoms with Crippen molar-refractivity contribution in [1.82, 2.24) is 4.57 Å². The monoisotopic (exact) mass is 213 g/mol. The second-order valence-electron chi connectivity index (χ2n) is 3.84. The van der Waals surface area contributed by atoms with Gasteiger partial charge < -0.3 is 4.57 Å². The Hall–Kier alpha value is -1.83. The minimum absolute atomic E-state index is 0.765. The number of allylic oxidation sites excluding steroid dienone is 1. The van der Waals surface area contributed by atoms with Gasteiger partial charge in [-0.1, -0.05) is 18.2 Å². The Bertz CT molecular complexity index is 510. The molecule has 1 aromatic carbocycles. The number of benzene rings is 1. The molecule has 2 aromatic rings. The van der Waals surface area contributed by atoms with Crippen molar-refractivity contribution in [2.75, 3.05) is 0 Å². The van der Waals surface area contributed by atoms with E-state index < -0.39 is 0 Å². The molecule has 16 heavy (non-hydrogen) atoms. The highest BCUT2D eigenvalue weighted by atomic mass is 16.1. The fraction of sp³-hybridized carbons (Fsp3) is 0.214. The molecule has 0 N–H and O–H groups in total. The van der Waals surface area contributed by atoms with Crippen molar-refractivity contribution in [2.45, 2.75) is 19.4 Å². The van der Waals surface area contributed by atoms with E-state index in [4.69, 9.17) is 0 Å². The Kier molecular flexibility index (Phi) is 3.20. The second kappa shape index (κ2) is 4.79. The first-order valence-electron chi connectivity index (χ1n) is 5.50. The SMILES string of the molecule is C=CCCCn1ccc2cccc(C=O)c21. The molecule has 0 fully saturated rings. The molecule has 0 aliphatic rings. The fourth-order valence-corrected chi connectivity index (χ4v) is 1.98. The number of hydrogen-bond donors (Lipinski definition) is 0. The van der Waals surface area contributed by atoms with E-state index >= 15 is 0 Å². The van der Waals surface area contributed by atoms with Crippen molar-refractivity contribution in [3.8, 4) is 0 Å². The van der Waals surface area contributed by atoms with E-state index in [-0.39, 0.29) is 0 Å². The lowest BCUT2D eigenvalue weighted by molar-refractivity contribution is 0.112. The molecule has 0 unspecified atom stereocenters. The summed E-state index contributed by atoms with van der Waals surface area (Å²) < 4.78 is 2.14. The van der Waals surface area contributed by atoms with Gasteiger partial charge in [-0.15, -0.1) is 6.58 Å². The van der Waals surface area contributed by atoms with Gasteiger partial charge in [-0.05, 0) is 25.0 Å². The van der Waals surface area contributed by atoms with Crippen LogP contribution in [0, 0.1) is 0 Å². The Morgan fingerprint density at radius 2 is 2.19 bits per heavy atom. The predicted octanol–water partition coefficient (Wildman–Crippen LogP) is 3.42. The Labute approximate surface area is 95.2 Å². The highest BCUT2D eigenvalue weighted by molar-refractivity contribution is 5.96. The molecule has 2 nitrogen and oxygen atoms in total. The topological polar surface area (TPSA) is 22.0 Å². The van der Waals surface area contributed by atoms with Crippen molar-refractivity contribution in [3.63, 3.8) is 0 Å². The summed E-state index contributed by atoms with van der Waals surface area (Å²) in [5.74, 6) is 0. The van der Waals surface area contributed by atoms with Gasteiger partial charge >= 0.3 is 0 Å². The first-order chi connectivity index (χ1) is 7.86. The van der Waals surface area contributed by atoms with Crippen LogP contribution in [0.15, 0.2) is 43.1 Å². The average molecular weight is 213 g/mol. The van der Waals surface area contributed by atoms with Crippen LogP contribution in [0.3, 0.4) is 0 Å². The summed E-state index contributed by atoms with van der Waals surface area (Å²) in [6.07, 6.45) is 6.95. The quantitative estimate of drug-likeness (QED) is 0.424. The van der Waals surface area contributed by atoms with Crippen LogP contribution in [0.1, 0.15) is 23.2 Å². The van der Waals surface area contributed by atoms with E-state index in [9.17, 15) is 4.79 Å². The van der Waals surface area contributed by atoms with Gasteiger partial charge in [0.15, 0.2) is 6.29 Å². The van der Waals surface area contributed by atoms with E-state index in [1.165, 1.54) is 0 Å². The summed E-state index contributed by atoms with van der Waals surface area (Å²) in [6, 6.07) is 7.86. The molecular weight excluding hydrogens is 198 g/mol. The van der Waals surface area contributed by atoms with Crippen molar-refractivity contribution in [2.24, 2.45) is 0 Å². The minimum Gasteiger partial charge on any atom is -0.347 e. The molecule has 0 radical (unpaired) electrons. The summed E-state index contributed by atoms with van der Waals surface area (Å²) in [7, 11) is 0. The van der Waals surface area contributed by atoms with Crippen LogP contribution in [0.4, 0.5) is 0 Å². The zero-order chi connectivity index (χ0) is 11.4. The lowest BCUT2D eigenvalue weighted by Crippen LogP contribution is -1.97. The average Bonchev–Trinajstić information content (AvgIpc) is 2.73. The number of nitrogens with zero attached hydrogens (tertiary/aromatic N) is 1. The molecule has 82 valence electrons. The van der Waals surface area contributed by atoms with Crippen LogP contribution in [-0.2, 0) is 6.54 Å². The molecule has 0 atom stereocenters. The number of para-hydroxylation sites is 1. The number of fused-ring (bicyclic) bond motifs is 1. The van der Waals surface area contributed by atoms with E-state index in [0.29, 0.717) is 0 Å². The largest absolute Gasteiger partial charge is 0.347 e. The van der Waals surface area contributed by atoms with Gasteiger partial charge in [0.1, 0.15) is 0 Å². The number of aldehydes is 1. The standard InChI is InChI=1S/C14H15NO/c1-2-3-4-9-15-10-8-12-6-5-7-13(11-16)14(12)15/h2,5-8,10-11H,1,3-4,9H2. The molecule has 0 aliphatic carbocycles. The first-order valence-corrected chi connectivity index (χ1v) is 5.50. The molecule has 0 saturated carbocycles. The zero-order valence-corrected chi connectivity index (χ0v) is 9.23. The normalized spacial score (nSPS) is 10.5. The molecule has 0 amide bonds. The smallest absolute Gasteiger partial charge is 0.152 e. The van der Waals surface area contributed by atoms with Crippen molar-refractivity contribution >= 4 is 17.2 Å². The lowest BCUT2D eigenvalue weighted by Gasteiger charge is -2.05. The summed E-state index contributed by atoms with van der Waals surface area (Å²) in [4.78, 5) is 11.0. The maximum Gasteiger partial charge on any atom is 0.152 e. The number of carbonyl (C=O) groups excluding carboxylic acids is 1. The second-order valence-corrected chi connectivity index (χ2v) is 3.84. The number of unbranched alkanes of at least 4 members (excludes halogenated alkanes) is 1. The molecule has 0 bridgehead atoms. The maximum atomic E-state index is 11.0. The Morgan fingerprint density at radius 3 is 2.94 bits per heavy atom. The fourth-order valence-electron chi connectivity index (χ4n) is 1.98. The summed E-state index contributed by atoms with van der Waals surface area (Å²) in [5.41, 5.74) is 1.81. The van der Waals surface area contributed by atoms with Crippen LogP contribution in [-0.4, -0.2) is 10.9 Å². The Morgan fingerprint density at radius 1 is 1.31 bits per heavy atom. The van der Waals surface area contributed by atoms with Gasteiger partial charge in [0.05, 0.1) is 5.52 Å². The predicted molar refractivity (Wildman–Crippen MR) is 66.8 cm³/mol. The van der Waals surface area contributed by atoms with Crippen LogP contribution in [0.5, 0.6) is 0 Å². The summed E-state index contributed by atoms with van der Waals surface area (Å²) in [6.45, 7) is 4.64. The summed E-state index contributed by atoms with van der Waals surface area (Å²) in [5, 5.41) is 1.13. The molecule has 1 aromatic heterocycles. The van der Waals surface area contributed by atoms with E-state index in [1.54, 1.807) is 0 Å². The van der Waals surface area contributed by atoms with E-state index in [0.717, 1.165) is 42.1 Å². The van der Waals surface area contributed by atoms with Crippen molar-refractivity contribution in [1.29, 1.82) is 0 Å². The van der Waals surface area contributed by atoms with Gasteiger partial charge in [-0.3, -0.25) is 4.79 Å². The highest BCUT2D eigenvalue weighted by Gasteiger charge is 2.04. The molecule has 2 heteroatoms. The van der Waals surface area contributed by atoms with Gasteiger partial charge in [0.25, 0.3) is 0 Å². The highest BCUT2D eigenvalue weighted by Crippen LogP contribution is 2.19. The number of hydrogen-bond acceptors (Lipinski definition) is 1. The molecule has 0 saturated heterocycles. The van der Waals surface area contributed by atoms with Crippen LogP contribution in [0.2, 0.25) is 0 Å². The van der Waals surface area contributed by atoms with Gasteiger partial charge in [-0.25, -0.2) is 0 Å². The minimum atomic E-state index is 0.765.